The van der Waals surface area contributed by atoms with E-state index in [1.54, 1.807) is 30.3 Å². The van der Waals surface area contributed by atoms with Gasteiger partial charge >= 0.3 is 5.97 Å². The zero-order chi connectivity index (χ0) is 20.0. The summed E-state index contributed by atoms with van der Waals surface area (Å²) >= 11 is 9.36. The Kier molecular flexibility index (Phi) is 7.20. The molecule has 0 spiro atoms. The zero-order valence-corrected chi connectivity index (χ0v) is 16.8. The molecule has 1 amide bonds. The van der Waals surface area contributed by atoms with Crippen molar-refractivity contribution in [1.29, 1.82) is 0 Å². The van der Waals surface area contributed by atoms with Gasteiger partial charge in [-0.1, -0.05) is 17.7 Å². The molecule has 0 heterocycles. The van der Waals surface area contributed by atoms with Crippen molar-refractivity contribution in [3.8, 4) is 11.5 Å². The molecule has 2 aromatic rings. The normalized spacial score (nSPS) is 10.7. The Morgan fingerprint density at radius 1 is 1.30 bits per heavy atom. The molecule has 2 N–H and O–H groups in total. The van der Waals surface area contributed by atoms with Crippen LogP contribution in [0.2, 0.25) is 5.02 Å². The maximum atomic E-state index is 12.1. The fourth-order valence-corrected chi connectivity index (χ4v) is 2.63. The number of aryl methyl sites for hydroxylation is 1. The average Bonchev–Trinajstić information content (AvgIpc) is 2.63. The van der Waals surface area contributed by atoms with E-state index in [4.69, 9.17) is 26.2 Å². The molecule has 0 saturated carbocycles. The maximum absolute atomic E-state index is 12.1. The van der Waals surface area contributed by atoms with E-state index in [9.17, 15) is 9.59 Å². The predicted molar refractivity (Wildman–Crippen MR) is 105 cm³/mol. The number of halogens is 2. The molecule has 0 atom stereocenters. The van der Waals surface area contributed by atoms with Gasteiger partial charge in [0, 0.05) is 20.6 Å². The van der Waals surface area contributed by atoms with Crippen LogP contribution in [0.1, 0.15) is 21.5 Å². The molecule has 0 aliphatic heterocycles. The lowest BCUT2D eigenvalue weighted by Crippen LogP contribution is -2.17. The van der Waals surface area contributed by atoms with Crippen LogP contribution < -0.4 is 14.9 Å². The third-order valence-corrected chi connectivity index (χ3v) is 4.53. The molecule has 0 aliphatic carbocycles. The molecule has 0 aromatic heterocycles. The molecule has 9 heteroatoms. The average molecular weight is 456 g/mol. The smallest absolute Gasteiger partial charge is 0.341 e. The van der Waals surface area contributed by atoms with Gasteiger partial charge in [0.1, 0.15) is 0 Å². The molecule has 27 heavy (non-hydrogen) atoms. The minimum atomic E-state index is -1.10. The van der Waals surface area contributed by atoms with E-state index in [2.05, 4.69) is 26.5 Å². The second kappa shape index (κ2) is 9.38. The topological polar surface area (TPSA) is 97.2 Å². The van der Waals surface area contributed by atoms with Gasteiger partial charge < -0.3 is 14.6 Å². The molecule has 0 fully saturated rings. The lowest BCUT2D eigenvalue weighted by molar-refractivity contribution is -0.139. The standard InChI is InChI=1S/C18H16BrClN2O5/c1-10-3-4-11(5-14(10)20)18(25)22-21-8-12-6-15(26-2)16(7-13(12)19)27-9-17(23)24/h3-8H,9H2,1-2H3,(H,22,25)(H,23,24)/b21-8-. The minimum Gasteiger partial charge on any atom is -0.493 e. The SMILES string of the molecule is COc1cc(/C=N\NC(=O)c2ccc(C)c(Cl)c2)c(Br)cc1OCC(=O)O. The number of carbonyl (C=O) groups is 2. The van der Waals surface area contributed by atoms with Crippen molar-refractivity contribution >= 4 is 45.6 Å². The summed E-state index contributed by atoms with van der Waals surface area (Å²) in [4.78, 5) is 22.8. The first-order valence-electron chi connectivity index (χ1n) is 7.63. The predicted octanol–water partition coefficient (Wildman–Crippen LogP) is 3.65. The van der Waals surface area contributed by atoms with Crippen molar-refractivity contribution in [2.45, 2.75) is 6.92 Å². The third kappa shape index (κ3) is 5.70. The van der Waals surface area contributed by atoms with Crippen LogP contribution in [0.4, 0.5) is 0 Å². The number of nitrogens with one attached hydrogen (secondary N) is 1. The first-order chi connectivity index (χ1) is 12.8. The number of carbonyl (C=O) groups excluding carboxylic acids is 1. The summed E-state index contributed by atoms with van der Waals surface area (Å²) in [5.74, 6) is -0.907. The van der Waals surface area contributed by atoms with Crippen molar-refractivity contribution in [3.63, 3.8) is 0 Å². The van der Waals surface area contributed by atoms with E-state index in [0.717, 1.165) is 5.56 Å². The highest BCUT2D eigenvalue weighted by molar-refractivity contribution is 9.10. The molecule has 0 radical (unpaired) electrons. The summed E-state index contributed by atoms with van der Waals surface area (Å²) < 4.78 is 10.9. The number of aliphatic carboxylic acids is 1. The lowest BCUT2D eigenvalue weighted by Gasteiger charge is -2.11. The Morgan fingerprint density at radius 2 is 2.04 bits per heavy atom. The zero-order valence-electron chi connectivity index (χ0n) is 14.5. The molecule has 0 aliphatic rings. The van der Waals surface area contributed by atoms with E-state index in [-0.39, 0.29) is 5.75 Å². The Labute approximate surface area is 169 Å². The van der Waals surface area contributed by atoms with Gasteiger partial charge in [-0.15, -0.1) is 0 Å². The van der Waals surface area contributed by atoms with Crippen LogP contribution in [0, 0.1) is 6.92 Å². The molecule has 2 rings (SSSR count). The fourth-order valence-electron chi connectivity index (χ4n) is 2.02. The van der Waals surface area contributed by atoms with Gasteiger partial charge in [-0.05, 0) is 52.7 Å². The van der Waals surface area contributed by atoms with Gasteiger partial charge in [0.05, 0.1) is 13.3 Å². The highest BCUT2D eigenvalue weighted by Crippen LogP contribution is 2.32. The van der Waals surface area contributed by atoms with E-state index in [1.165, 1.54) is 13.3 Å². The Hall–Kier alpha value is -2.58. The summed E-state index contributed by atoms with van der Waals surface area (Å²) in [6.45, 7) is 1.35. The van der Waals surface area contributed by atoms with Crippen LogP contribution in [0.15, 0.2) is 39.9 Å². The van der Waals surface area contributed by atoms with Crippen LogP contribution in [0.25, 0.3) is 0 Å². The first-order valence-corrected chi connectivity index (χ1v) is 8.80. The number of hydrazone groups is 1. The molecule has 0 saturated heterocycles. The van der Waals surface area contributed by atoms with Gasteiger partial charge in [-0.25, -0.2) is 10.2 Å². The van der Waals surface area contributed by atoms with Crippen molar-refractivity contribution in [1.82, 2.24) is 5.43 Å². The highest BCUT2D eigenvalue weighted by Gasteiger charge is 2.11. The van der Waals surface area contributed by atoms with E-state index in [1.807, 2.05) is 6.92 Å². The number of carboxylic acid groups (broad SMARTS) is 1. The molecular weight excluding hydrogens is 440 g/mol. The maximum Gasteiger partial charge on any atom is 0.341 e. The van der Waals surface area contributed by atoms with Crippen molar-refractivity contribution in [3.05, 3.63) is 56.5 Å². The molecule has 0 unspecified atom stereocenters. The molecule has 7 nitrogen and oxygen atoms in total. The van der Waals surface area contributed by atoms with Crippen LogP contribution >= 0.6 is 27.5 Å². The number of nitrogens with zero attached hydrogens (tertiary/aromatic N) is 1. The summed E-state index contributed by atoms with van der Waals surface area (Å²) in [5, 5.41) is 13.1. The Morgan fingerprint density at radius 3 is 2.67 bits per heavy atom. The van der Waals surface area contributed by atoms with E-state index in [0.29, 0.717) is 26.4 Å². The van der Waals surface area contributed by atoms with Gasteiger partial charge in [-0.3, -0.25) is 4.79 Å². The lowest BCUT2D eigenvalue weighted by atomic mass is 10.1. The van der Waals surface area contributed by atoms with Gasteiger partial charge in [0.25, 0.3) is 5.91 Å². The summed E-state index contributed by atoms with van der Waals surface area (Å²) in [6, 6.07) is 8.12. The van der Waals surface area contributed by atoms with Crippen molar-refractivity contribution in [2.24, 2.45) is 5.10 Å². The number of rotatable bonds is 7. The van der Waals surface area contributed by atoms with E-state index >= 15 is 0 Å². The summed E-state index contributed by atoms with van der Waals surface area (Å²) in [5.41, 5.74) is 4.27. The number of carboxylic acids is 1. The quantitative estimate of drug-likeness (QED) is 0.491. The van der Waals surface area contributed by atoms with Crippen LogP contribution in [-0.2, 0) is 4.79 Å². The third-order valence-electron chi connectivity index (χ3n) is 3.44. The molecule has 0 bridgehead atoms. The Bertz CT molecular complexity index is 902. The van der Waals surface area contributed by atoms with Gasteiger partial charge in [-0.2, -0.15) is 5.10 Å². The van der Waals surface area contributed by atoms with Crippen LogP contribution in [0.3, 0.4) is 0 Å². The molecular formula is C18H16BrClN2O5. The number of methoxy groups -OCH3 is 1. The van der Waals surface area contributed by atoms with Gasteiger partial charge in [0.2, 0.25) is 0 Å². The fraction of sp³-hybridized carbons (Fsp3) is 0.167. The van der Waals surface area contributed by atoms with Crippen LogP contribution in [-0.4, -0.2) is 36.9 Å². The van der Waals surface area contributed by atoms with Crippen molar-refractivity contribution in [2.75, 3.05) is 13.7 Å². The number of ether oxygens (including phenoxy) is 2. The number of benzene rings is 2. The first kappa shape index (κ1) is 20.7. The summed E-state index contributed by atoms with van der Waals surface area (Å²) in [7, 11) is 1.43. The minimum absolute atomic E-state index is 0.266. The Balaban J connectivity index is 2.12. The number of hydrogen-bond donors (Lipinski definition) is 2. The number of hydrogen-bond acceptors (Lipinski definition) is 5. The van der Waals surface area contributed by atoms with Crippen molar-refractivity contribution < 1.29 is 24.2 Å². The largest absolute Gasteiger partial charge is 0.493 e. The van der Waals surface area contributed by atoms with E-state index < -0.39 is 18.5 Å². The van der Waals surface area contributed by atoms with Gasteiger partial charge in [0.15, 0.2) is 18.1 Å². The van der Waals surface area contributed by atoms with Crippen LogP contribution in [0.5, 0.6) is 11.5 Å². The second-order valence-corrected chi connectivity index (χ2v) is 6.63. The second-order valence-electron chi connectivity index (χ2n) is 5.37. The monoisotopic (exact) mass is 454 g/mol. The molecule has 2 aromatic carbocycles. The highest BCUT2D eigenvalue weighted by atomic mass is 79.9. The summed E-state index contributed by atoms with van der Waals surface area (Å²) in [6.07, 6.45) is 1.42. The number of amides is 1. The molecule has 142 valence electrons.